The van der Waals surface area contributed by atoms with E-state index in [0.29, 0.717) is 16.6 Å². The number of benzene rings is 2. The van der Waals surface area contributed by atoms with Gasteiger partial charge in [-0.25, -0.2) is 23.5 Å². The van der Waals surface area contributed by atoms with E-state index in [0.717, 1.165) is 21.1 Å². The topological polar surface area (TPSA) is 124 Å². The van der Waals surface area contributed by atoms with E-state index in [2.05, 4.69) is 15.3 Å². The molecule has 0 radical (unpaired) electrons. The number of nitrogen functional groups attached to an aromatic ring is 1. The van der Waals surface area contributed by atoms with Crippen LogP contribution >= 0.6 is 22.7 Å². The number of nitrogens with zero attached hydrogens (tertiary/aromatic N) is 2. The third kappa shape index (κ3) is 4.74. The van der Waals surface area contributed by atoms with Gasteiger partial charge in [0.05, 0.1) is 10.6 Å². The Hall–Kier alpha value is -3.05. The van der Waals surface area contributed by atoms with Gasteiger partial charge in [-0.3, -0.25) is 0 Å². The standard InChI is InChI=1S/C20H17N5O2S3/c21-18-17(19-23-15(12-28-19)7-6-13-4-2-1-3-5-13)29-20(25-18)24-14-8-10-16(11-9-14)30(22,26)27/h1-12H,21H2,(H,24,25)(H2,22,26,27). The third-order valence-corrected chi connectivity index (χ3v) is 6.98. The first-order valence-corrected chi connectivity index (χ1v) is 12.0. The molecule has 0 saturated heterocycles. The van der Waals surface area contributed by atoms with Crippen molar-refractivity contribution in [2.75, 3.05) is 11.1 Å². The minimum absolute atomic E-state index is 0.0475. The number of aromatic nitrogens is 2. The van der Waals surface area contributed by atoms with Gasteiger partial charge in [-0.15, -0.1) is 11.3 Å². The molecule has 0 fully saturated rings. The molecule has 30 heavy (non-hydrogen) atoms. The largest absolute Gasteiger partial charge is 0.382 e. The maximum absolute atomic E-state index is 11.4. The molecule has 0 spiro atoms. The van der Waals surface area contributed by atoms with Gasteiger partial charge < -0.3 is 11.1 Å². The van der Waals surface area contributed by atoms with E-state index in [4.69, 9.17) is 10.9 Å². The first-order chi connectivity index (χ1) is 14.4. The zero-order valence-electron chi connectivity index (χ0n) is 15.5. The van der Waals surface area contributed by atoms with Crippen molar-refractivity contribution in [2.24, 2.45) is 5.14 Å². The van der Waals surface area contributed by atoms with Crippen molar-refractivity contribution in [2.45, 2.75) is 4.90 Å². The second-order valence-electron chi connectivity index (χ2n) is 6.25. The highest BCUT2D eigenvalue weighted by molar-refractivity contribution is 7.89. The number of hydrogen-bond acceptors (Lipinski definition) is 8. The Labute approximate surface area is 181 Å². The van der Waals surface area contributed by atoms with Gasteiger partial charge in [-0.1, -0.05) is 47.7 Å². The monoisotopic (exact) mass is 455 g/mol. The summed E-state index contributed by atoms with van der Waals surface area (Å²) in [6, 6.07) is 16.1. The quantitative estimate of drug-likeness (QED) is 0.396. The van der Waals surface area contributed by atoms with Gasteiger partial charge in [0.2, 0.25) is 10.0 Å². The summed E-state index contributed by atoms with van der Waals surface area (Å²) in [5, 5.41) is 11.6. The number of rotatable bonds is 6. The highest BCUT2D eigenvalue weighted by Crippen LogP contribution is 2.37. The highest BCUT2D eigenvalue weighted by atomic mass is 32.2. The number of thiazole rings is 2. The van der Waals surface area contributed by atoms with Crippen molar-refractivity contribution < 1.29 is 8.42 Å². The van der Waals surface area contributed by atoms with Crippen molar-refractivity contribution in [3.63, 3.8) is 0 Å². The van der Waals surface area contributed by atoms with Gasteiger partial charge in [0.15, 0.2) is 5.13 Å². The summed E-state index contributed by atoms with van der Waals surface area (Å²) in [7, 11) is -3.72. The van der Waals surface area contributed by atoms with Gasteiger partial charge >= 0.3 is 0 Å². The first kappa shape index (κ1) is 20.2. The third-order valence-electron chi connectivity index (χ3n) is 4.05. The van der Waals surface area contributed by atoms with Crippen LogP contribution in [0.15, 0.2) is 64.9 Å². The van der Waals surface area contributed by atoms with Gasteiger partial charge in [0.25, 0.3) is 0 Å². The summed E-state index contributed by atoms with van der Waals surface area (Å²) in [5.41, 5.74) is 8.72. The normalized spacial score (nSPS) is 11.8. The van der Waals surface area contributed by atoms with E-state index in [1.165, 1.54) is 34.8 Å². The molecule has 10 heteroatoms. The molecule has 5 N–H and O–H groups in total. The van der Waals surface area contributed by atoms with Crippen LogP contribution in [0.1, 0.15) is 11.3 Å². The number of nitrogens with two attached hydrogens (primary N) is 2. The second-order valence-corrected chi connectivity index (χ2v) is 9.67. The molecule has 2 aromatic heterocycles. The van der Waals surface area contributed by atoms with Gasteiger partial charge in [-0.05, 0) is 35.9 Å². The van der Waals surface area contributed by atoms with Gasteiger partial charge in [-0.2, -0.15) is 0 Å². The molecule has 4 aromatic rings. The lowest BCUT2D eigenvalue weighted by Crippen LogP contribution is -2.11. The Morgan fingerprint density at radius 2 is 1.70 bits per heavy atom. The molecular weight excluding hydrogens is 438 g/mol. The number of primary sulfonamides is 1. The number of anilines is 3. The maximum Gasteiger partial charge on any atom is 0.238 e. The molecule has 0 atom stereocenters. The number of nitrogens with one attached hydrogen (secondary N) is 1. The summed E-state index contributed by atoms with van der Waals surface area (Å²) < 4.78 is 22.7. The van der Waals surface area contributed by atoms with Crippen LogP contribution in [0.5, 0.6) is 0 Å². The predicted octanol–water partition coefficient (Wildman–Crippen LogP) is 4.41. The minimum atomic E-state index is -3.72. The minimum Gasteiger partial charge on any atom is -0.382 e. The average Bonchev–Trinajstić information content (AvgIpc) is 3.33. The second kappa shape index (κ2) is 8.36. The molecule has 0 bridgehead atoms. The van der Waals surface area contributed by atoms with Crippen molar-refractivity contribution in [1.82, 2.24) is 9.97 Å². The molecule has 0 aliphatic rings. The van der Waals surface area contributed by atoms with Gasteiger partial charge in [0, 0.05) is 11.1 Å². The predicted molar refractivity (Wildman–Crippen MR) is 124 cm³/mol. The fraction of sp³-hybridized carbons (Fsp3) is 0. The van der Waals surface area contributed by atoms with Crippen LogP contribution < -0.4 is 16.2 Å². The Bertz CT molecular complexity index is 1290. The molecule has 0 aliphatic carbocycles. The number of sulfonamides is 1. The van der Waals surface area contributed by atoms with Crippen LogP contribution in [0.2, 0.25) is 0 Å². The van der Waals surface area contributed by atoms with Crippen LogP contribution in [0.3, 0.4) is 0 Å². The van der Waals surface area contributed by atoms with E-state index in [1.54, 1.807) is 12.1 Å². The lowest BCUT2D eigenvalue weighted by Gasteiger charge is -2.03. The van der Waals surface area contributed by atoms with Crippen LogP contribution in [0.4, 0.5) is 16.6 Å². The SMILES string of the molecule is Nc1nc(Nc2ccc(S(N)(=O)=O)cc2)sc1-c1nc(C=Cc2ccccc2)cs1. The van der Waals surface area contributed by atoms with Crippen LogP contribution in [0, 0.1) is 0 Å². The molecule has 4 rings (SSSR count). The summed E-state index contributed by atoms with van der Waals surface area (Å²) in [5.74, 6) is 0.386. The molecule has 2 heterocycles. The number of hydrogen-bond donors (Lipinski definition) is 3. The summed E-state index contributed by atoms with van der Waals surface area (Å²) >= 11 is 2.87. The molecule has 0 saturated carbocycles. The maximum atomic E-state index is 11.4. The van der Waals surface area contributed by atoms with Crippen LogP contribution in [0.25, 0.3) is 22.0 Å². The summed E-state index contributed by atoms with van der Waals surface area (Å²) in [6.07, 6.45) is 3.96. The smallest absolute Gasteiger partial charge is 0.238 e. The molecule has 0 amide bonds. The van der Waals surface area contributed by atoms with Crippen molar-refractivity contribution in [1.29, 1.82) is 0 Å². The van der Waals surface area contributed by atoms with Crippen molar-refractivity contribution in [3.8, 4) is 9.88 Å². The van der Waals surface area contributed by atoms with Crippen LogP contribution in [-0.4, -0.2) is 18.4 Å². The summed E-state index contributed by atoms with van der Waals surface area (Å²) in [6.45, 7) is 0. The lowest BCUT2D eigenvalue weighted by atomic mass is 10.2. The summed E-state index contributed by atoms with van der Waals surface area (Å²) in [4.78, 5) is 9.80. The lowest BCUT2D eigenvalue weighted by molar-refractivity contribution is 0.598. The van der Waals surface area contributed by atoms with E-state index < -0.39 is 10.0 Å². The molecule has 0 aliphatic heterocycles. The molecule has 0 unspecified atom stereocenters. The Kier molecular flexibility index (Phi) is 5.64. The van der Waals surface area contributed by atoms with E-state index in [1.807, 2.05) is 47.9 Å². The molecular formula is C20H17N5O2S3. The Balaban J connectivity index is 1.50. The highest BCUT2D eigenvalue weighted by Gasteiger charge is 2.14. The molecule has 2 aromatic carbocycles. The van der Waals surface area contributed by atoms with E-state index in [-0.39, 0.29) is 4.90 Å². The Morgan fingerprint density at radius 3 is 2.40 bits per heavy atom. The molecule has 7 nitrogen and oxygen atoms in total. The van der Waals surface area contributed by atoms with Crippen molar-refractivity contribution in [3.05, 3.63) is 71.2 Å². The first-order valence-electron chi connectivity index (χ1n) is 8.74. The zero-order valence-corrected chi connectivity index (χ0v) is 18.0. The van der Waals surface area contributed by atoms with E-state index >= 15 is 0 Å². The molecule has 152 valence electrons. The fourth-order valence-electron chi connectivity index (χ4n) is 2.60. The van der Waals surface area contributed by atoms with Gasteiger partial charge in [0.1, 0.15) is 15.7 Å². The average molecular weight is 456 g/mol. The van der Waals surface area contributed by atoms with Crippen LogP contribution in [-0.2, 0) is 10.0 Å². The van der Waals surface area contributed by atoms with E-state index in [9.17, 15) is 8.42 Å². The fourth-order valence-corrected chi connectivity index (χ4v) is 4.91. The zero-order chi connectivity index (χ0) is 21.1. The van der Waals surface area contributed by atoms with Crippen molar-refractivity contribution >= 4 is 61.5 Å². The Morgan fingerprint density at radius 1 is 0.967 bits per heavy atom.